The molecule has 0 unspecified atom stereocenters. The molecule has 0 bridgehead atoms. The Labute approximate surface area is 96.6 Å². The maximum Gasteiger partial charge on any atom is 0.410 e. The summed E-state index contributed by atoms with van der Waals surface area (Å²) in [5.74, 6) is 2.48. The number of carbonyl (C=O) groups is 1. The molecular weight excluding hydrogens is 206 g/mol. The van der Waals surface area contributed by atoms with E-state index in [4.69, 9.17) is 11.2 Å². The van der Waals surface area contributed by atoms with Gasteiger partial charge in [-0.1, -0.05) is 0 Å². The monoisotopic (exact) mass is 225 g/mol. The summed E-state index contributed by atoms with van der Waals surface area (Å²) in [6, 6.07) is -0.306. The normalized spacial score (nSPS) is 25.3. The summed E-state index contributed by atoms with van der Waals surface area (Å²) in [6.45, 7) is 5.94. The average Bonchev–Trinajstić information content (AvgIpc) is 2.46. The van der Waals surface area contributed by atoms with Crippen molar-refractivity contribution in [1.82, 2.24) is 4.90 Å². The Bertz CT molecular complexity index is 300. The highest BCUT2D eigenvalue weighted by molar-refractivity contribution is 5.69. The second-order valence-corrected chi connectivity index (χ2v) is 5.01. The molecule has 1 aliphatic heterocycles. The van der Waals surface area contributed by atoms with Crippen molar-refractivity contribution in [2.24, 2.45) is 0 Å². The van der Waals surface area contributed by atoms with Gasteiger partial charge in [-0.2, -0.15) is 0 Å². The summed E-state index contributed by atoms with van der Waals surface area (Å²) >= 11 is 0. The molecule has 4 heteroatoms. The first-order chi connectivity index (χ1) is 7.35. The van der Waals surface area contributed by atoms with Crippen molar-refractivity contribution in [2.45, 2.75) is 51.4 Å². The molecule has 1 amide bonds. The molecule has 0 aromatic carbocycles. The number of hydrogen-bond acceptors (Lipinski definition) is 3. The van der Waals surface area contributed by atoms with Gasteiger partial charge in [0.05, 0.1) is 12.1 Å². The van der Waals surface area contributed by atoms with E-state index in [-0.39, 0.29) is 6.04 Å². The summed E-state index contributed by atoms with van der Waals surface area (Å²) in [7, 11) is 0. The maximum atomic E-state index is 11.8. The fourth-order valence-corrected chi connectivity index (χ4v) is 1.75. The number of ether oxygens (including phenoxy) is 1. The number of hydrogen-bond donors (Lipinski definition) is 1. The Morgan fingerprint density at radius 1 is 1.62 bits per heavy atom. The summed E-state index contributed by atoms with van der Waals surface area (Å²) in [6.07, 6.45) is 5.21. The summed E-state index contributed by atoms with van der Waals surface area (Å²) in [5, 5.41) is 9.69. The van der Waals surface area contributed by atoms with Gasteiger partial charge in [0.15, 0.2) is 0 Å². The molecule has 16 heavy (non-hydrogen) atoms. The molecule has 1 fully saturated rings. The van der Waals surface area contributed by atoms with E-state index in [0.29, 0.717) is 19.4 Å². The van der Waals surface area contributed by atoms with Crippen LogP contribution in [0.2, 0.25) is 0 Å². The van der Waals surface area contributed by atoms with Gasteiger partial charge in [0, 0.05) is 13.0 Å². The molecule has 1 rings (SSSR count). The topological polar surface area (TPSA) is 49.8 Å². The molecule has 1 aliphatic rings. The SMILES string of the molecule is C#CC[C@@H]1[C@H](O)CCN1C(=O)OC(C)(C)C. The zero-order valence-corrected chi connectivity index (χ0v) is 10.1. The quantitative estimate of drug-likeness (QED) is 0.686. The van der Waals surface area contributed by atoms with Crippen LogP contribution in [0.1, 0.15) is 33.6 Å². The first kappa shape index (κ1) is 12.9. The molecule has 1 N–H and O–H groups in total. The van der Waals surface area contributed by atoms with Gasteiger partial charge < -0.3 is 14.7 Å². The minimum absolute atomic E-state index is 0.306. The van der Waals surface area contributed by atoms with Crippen LogP contribution >= 0.6 is 0 Å². The van der Waals surface area contributed by atoms with Gasteiger partial charge in [-0.15, -0.1) is 12.3 Å². The predicted molar refractivity (Wildman–Crippen MR) is 60.8 cm³/mol. The van der Waals surface area contributed by atoms with Crippen molar-refractivity contribution in [3.63, 3.8) is 0 Å². The van der Waals surface area contributed by atoms with Crippen molar-refractivity contribution in [3.8, 4) is 12.3 Å². The van der Waals surface area contributed by atoms with Crippen molar-refractivity contribution >= 4 is 6.09 Å². The number of aliphatic hydroxyl groups excluding tert-OH is 1. The predicted octanol–water partition coefficient (Wildman–Crippen LogP) is 1.38. The Hall–Kier alpha value is -1.21. The zero-order valence-electron chi connectivity index (χ0n) is 10.1. The molecule has 1 saturated heterocycles. The minimum Gasteiger partial charge on any atom is -0.444 e. The maximum absolute atomic E-state index is 11.8. The van der Waals surface area contributed by atoms with Crippen LogP contribution in [-0.2, 0) is 4.74 Å². The fourth-order valence-electron chi connectivity index (χ4n) is 1.75. The Morgan fingerprint density at radius 2 is 2.25 bits per heavy atom. The number of terminal acetylenes is 1. The molecular formula is C12H19NO3. The van der Waals surface area contributed by atoms with Gasteiger partial charge in [0.1, 0.15) is 5.60 Å². The van der Waals surface area contributed by atoms with E-state index in [2.05, 4.69) is 5.92 Å². The number of rotatable bonds is 1. The third kappa shape index (κ3) is 3.14. The number of aliphatic hydroxyl groups is 1. The van der Waals surface area contributed by atoms with E-state index in [1.54, 1.807) is 0 Å². The second-order valence-electron chi connectivity index (χ2n) is 5.01. The summed E-state index contributed by atoms with van der Waals surface area (Å²) < 4.78 is 5.25. The van der Waals surface area contributed by atoms with Gasteiger partial charge in [-0.25, -0.2) is 4.79 Å². The first-order valence-corrected chi connectivity index (χ1v) is 5.46. The zero-order chi connectivity index (χ0) is 12.3. The standard InChI is InChI=1S/C12H19NO3/c1-5-6-9-10(14)7-8-13(9)11(15)16-12(2,3)4/h1,9-10,14H,6-8H2,2-4H3/t9-,10-/m1/s1. The smallest absolute Gasteiger partial charge is 0.410 e. The molecule has 0 aromatic heterocycles. The Balaban J connectivity index is 2.66. The van der Waals surface area contributed by atoms with Crippen LogP contribution in [0.15, 0.2) is 0 Å². The van der Waals surface area contributed by atoms with Crippen LogP contribution in [0.3, 0.4) is 0 Å². The van der Waals surface area contributed by atoms with Crippen LogP contribution in [-0.4, -0.2) is 40.4 Å². The van der Waals surface area contributed by atoms with Gasteiger partial charge >= 0.3 is 6.09 Å². The lowest BCUT2D eigenvalue weighted by Gasteiger charge is -2.28. The highest BCUT2D eigenvalue weighted by atomic mass is 16.6. The van der Waals surface area contributed by atoms with Crippen molar-refractivity contribution < 1.29 is 14.6 Å². The van der Waals surface area contributed by atoms with Gasteiger partial charge in [-0.3, -0.25) is 0 Å². The van der Waals surface area contributed by atoms with E-state index in [9.17, 15) is 9.90 Å². The Morgan fingerprint density at radius 3 is 2.75 bits per heavy atom. The van der Waals surface area contributed by atoms with Crippen LogP contribution < -0.4 is 0 Å². The van der Waals surface area contributed by atoms with Crippen molar-refractivity contribution in [3.05, 3.63) is 0 Å². The fraction of sp³-hybridized carbons (Fsp3) is 0.750. The van der Waals surface area contributed by atoms with Crippen molar-refractivity contribution in [1.29, 1.82) is 0 Å². The summed E-state index contributed by atoms with van der Waals surface area (Å²) in [4.78, 5) is 13.3. The number of carbonyl (C=O) groups excluding carboxylic acids is 1. The number of nitrogens with zero attached hydrogens (tertiary/aromatic N) is 1. The number of likely N-dealkylation sites (tertiary alicyclic amines) is 1. The van der Waals surface area contributed by atoms with Crippen molar-refractivity contribution in [2.75, 3.05) is 6.54 Å². The minimum atomic E-state index is -0.538. The molecule has 90 valence electrons. The van der Waals surface area contributed by atoms with Crippen LogP contribution in [0.5, 0.6) is 0 Å². The molecule has 0 radical (unpaired) electrons. The van der Waals surface area contributed by atoms with Crippen LogP contribution in [0.4, 0.5) is 4.79 Å². The molecule has 0 spiro atoms. The largest absolute Gasteiger partial charge is 0.444 e. The molecule has 0 saturated carbocycles. The molecule has 2 atom stereocenters. The highest BCUT2D eigenvalue weighted by Gasteiger charge is 2.37. The number of amides is 1. The van der Waals surface area contributed by atoms with E-state index in [1.807, 2.05) is 20.8 Å². The molecule has 1 heterocycles. The first-order valence-electron chi connectivity index (χ1n) is 5.46. The average molecular weight is 225 g/mol. The summed E-state index contributed by atoms with van der Waals surface area (Å²) in [5.41, 5.74) is -0.523. The van der Waals surface area contributed by atoms with Crippen LogP contribution in [0, 0.1) is 12.3 Å². The third-order valence-electron chi connectivity index (χ3n) is 2.47. The highest BCUT2D eigenvalue weighted by Crippen LogP contribution is 2.23. The van der Waals surface area contributed by atoms with Crippen LogP contribution in [0.25, 0.3) is 0 Å². The lowest BCUT2D eigenvalue weighted by Crippen LogP contribution is -2.42. The second kappa shape index (κ2) is 4.75. The lowest BCUT2D eigenvalue weighted by molar-refractivity contribution is 0.0162. The Kier molecular flexibility index (Phi) is 3.82. The van der Waals surface area contributed by atoms with E-state index >= 15 is 0 Å². The van der Waals surface area contributed by atoms with E-state index in [1.165, 1.54) is 4.90 Å². The van der Waals surface area contributed by atoms with E-state index in [0.717, 1.165) is 0 Å². The lowest BCUT2D eigenvalue weighted by atomic mass is 10.1. The van der Waals surface area contributed by atoms with Gasteiger partial charge in [0.25, 0.3) is 0 Å². The molecule has 4 nitrogen and oxygen atoms in total. The van der Waals surface area contributed by atoms with E-state index < -0.39 is 17.8 Å². The van der Waals surface area contributed by atoms with Gasteiger partial charge in [0.2, 0.25) is 0 Å². The molecule has 0 aliphatic carbocycles. The molecule has 0 aromatic rings. The van der Waals surface area contributed by atoms with Gasteiger partial charge in [-0.05, 0) is 27.2 Å². The third-order valence-corrected chi connectivity index (χ3v) is 2.47.